The maximum atomic E-state index is 13.4. The van der Waals surface area contributed by atoms with Crippen molar-refractivity contribution >= 4 is 5.96 Å². The lowest BCUT2D eigenvalue weighted by Crippen LogP contribution is -2.38. The number of halogens is 1. The molecule has 2 rings (SSSR count). The maximum absolute atomic E-state index is 13.4. The van der Waals surface area contributed by atoms with Crippen molar-refractivity contribution in [1.82, 2.24) is 10.6 Å². The number of rotatable bonds is 4. The third kappa shape index (κ3) is 3.73. The molecule has 0 amide bonds. The molecule has 0 unspecified atom stereocenters. The summed E-state index contributed by atoms with van der Waals surface area (Å²) in [5, 5.41) is 6.46. The van der Waals surface area contributed by atoms with Gasteiger partial charge in [-0.05, 0) is 25.8 Å². The molecule has 1 aromatic carbocycles. The van der Waals surface area contributed by atoms with E-state index in [1.807, 2.05) is 13.0 Å². The second-order valence-corrected chi connectivity index (χ2v) is 4.21. The van der Waals surface area contributed by atoms with E-state index in [4.69, 9.17) is 0 Å². The quantitative estimate of drug-likeness (QED) is 0.619. The minimum absolute atomic E-state index is 0.196. The van der Waals surface area contributed by atoms with Crippen LogP contribution in [0, 0.1) is 5.82 Å². The van der Waals surface area contributed by atoms with E-state index in [0.29, 0.717) is 18.2 Å². The highest BCUT2D eigenvalue weighted by Crippen LogP contribution is 2.18. The Hall–Kier alpha value is -1.58. The van der Waals surface area contributed by atoms with Crippen molar-refractivity contribution in [3.63, 3.8) is 0 Å². The summed E-state index contributed by atoms with van der Waals surface area (Å²) < 4.78 is 13.4. The van der Waals surface area contributed by atoms with Gasteiger partial charge in [0.05, 0.1) is 6.54 Å². The van der Waals surface area contributed by atoms with Gasteiger partial charge in [-0.2, -0.15) is 0 Å². The van der Waals surface area contributed by atoms with Crippen LogP contribution in [0.1, 0.15) is 25.3 Å². The van der Waals surface area contributed by atoms with Crippen LogP contribution in [0.5, 0.6) is 0 Å². The van der Waals surface area contributed by atoms with Gasteiger partial charge in [-0.3, -0.25) is 0 Å². The Morgan fingerprint density at radius 2 is 2.18 bits per heavy atom. The Morgan fingerprint density at radius 3 is 2.82 bits per heavy atom. The molecule has 92 valence electrons. The molecule has 0 aromatic heterocycles. The molecule has 1 aliphatic carbocycles. The molecule has 0 heterocycles. The van der Waals surface area contributed by atoms with Crippen molar-refractivity contribution in [2.24, 2.45) is 4.99 Å². The van der Waals surface area contributed by atoms with Gasteiger partial charge in [0, 0.05) is 18.2 Å². The van der Waals surface area contributed by atoms with E-state index < -0.39 is 0 Å². The van der Waals surface area contributed by atoms with Crippen molar-refractivity contribution in [2.45, 2.75) is 32.4 Å². The zero-order valence-electron chi connectivity index (χ0n) is 10.0. The maximum Gasteiger partial charge on any atom is 0.191 e. The Kier molecular flexibility index (Phi) is 3.96. The SMILES string of the molecule is CCNC(=NCc1ccccc1F)NC1CC1. The van der Waals surface area contributed by atoms with Gasteiger partial charge in [0.2, 0.25) is 0 Å². The second-order valence-electron chi connectivity index (χ2n) is 4.21. The van der Waals surface area contributed by atoms with Crippen LogP contribution in [-0.4, -0.2) is 18.5 Å². The molecule has 0 atom stereocenters. The summed E-state index contributed by atoms with van der Waals surface area (Å²) in [6, 6.07) is 7.30. The number of nitrogens with zero attached hydrogens (tertiary/aromatic N) is 1. The fraction of sp³-hybridized carbons (Fsp3) is 0.462. The van der Waals surface area contributed by atoms with Crippen molar-refractivity contribution in [3.05, 3.63) is 35.6 Å². The zero-order chi connectivity index (χ0) is 12.1. The van der Waals surface area contributed by atoms with E-state index in [9.17, 15) is 4.39 Å². The molecule has 0 radical (unpaired) electrons. The van der Waals surface area contributed by atoms with Crippen molar-refractivity contribution < 1.29 is 4.39 Å². The molecule has 1 aliphatic rings. The molecular weight excluding hydrogens is 217 g/mol. The molecule has 0 bridgehead atoms. The van der Waals surface area contributed by atoms with E-state index in [-0.39, 0.29) is 5.82 Å². The largest absolute Gasteiger partial charge is 0.357 e. The van der Waals surface area contributed by atoms with Gasteiger partial charge < -0.3 is 10.6 Å². The van der Waals surface area contributed by atoms with Gasteiger partial charge in [-0.25, -0.2) is 9.38 Å². The molecule has 3 nitrogen and oxygen atoms in total. The first-order chi connectivity index (χ1) is 8.29. The molecule has 0 spiro atoms. The summed E-state index contributed by atoms with van der Waals surface area (Å²) in [6.45, 7) is 3.21. The molecule has 1 saturated carbocycles. The van der Waals surface area contributed by atoms with Crippen LogP contribution in [0.15, 0.2) is 29.3 Å². The number of nitrogens with one attached hydrogen (secondary N) is 2. The van der Waals surface area contributed by atoms with Crippen LogP contribution in [0.3, 0.4) is 0 Å². The van der Waals surface area contributed by atoms with Crippen LogP contribution in [0.2, 0.25) is 0 Å². The van der Waals surface area contributed by atoms with E-state index in [2.05, 4.69) is 15.6 Å². The van der Waals surface area contributed by atoms with Crippen molar-refractivity contribution in [2.75, 3.05) is 6.54 Å². The number of guanidine groups is 1. The Morgan fingerprint density at radius 1 is 1.41 bits per heavy atom. The van der Waals surface area contributed by atoms with Crippen LogP contribution in [0.4, 0.5) is 4.39 Å². The first-order valence-corrected chi connectivity index (χ1v) is 6.08. The predicted octanol–water partition coefficient (Wildman–Crippen LogP) is 2.04. The van der Waals surface area contributed by atoms with Crippen LogP contribution in [0.25, 0.3) is 0 Å². The molecule has 4 heteroatoms. The average molecular weight is 235 g/mol. The van der Waals surface area contributed by atoms with E-state index in [1.165, 1.54) is 18.9 Å². The van der Waals surface area contributed by atoms with Crippen molar-refractivity contribution in [3.8, 4) is 0 Å². The predicted molar refractivity (Wildman–Crippen MR) is 67.4 cm³/mol. The number of benzene rings is 1. The van der Waals surface area contributed by atoms with Gasteiger partial charge in [-0.1, -0.05) is 18.2 Å². The number of hydrogen-bond donors (Lipinski definition) is 2. The normalized spacial score (nSPS) is 15.8. The van der Waals surface area contributed by atoms with E-state index >= 15 is 0 Å². The minimum Gasteiger partial charge on any atom is -0.357 e. The first-order valence-electron chi connectivity index (χ1n) is 6.08. The monoisotopic (exact) mass is 235 g/mol. The van der Waals surface area contributed by atoms with Gasteiger partial charge in [-0.15, -0.1) is 0 Å². The lowest BCUT2D eigenvalue weighted by Gasteiger charge is -2.10. The fourth-order valence-electron chi connectivity index (χ4n) is 1.53. The zero-order valence-corrected chi connectivity index (χ0v) is 10.0. The Labute approximate surface area is 101 Å². The van der Waals surface area contributed by atoms with Gasteiger partial charge >= 0.3 is 0 Å². The van der Waals surface area contributed by atoms with E-state index in [0.717, 1.165) is 12.5 Å². The fourth-order valence-corrected chi connectivity index (χ4v) is 1.53. The second kappa shape index (κ2) is 5.66. The lowest BCUT2D eigenvalue weighted by molar-refractivity contribution is 0.610. The highest BCUT2D eigenvalue weighted by molar-refractivity contribution is 5.80. The third-order valence-corrected chi connectivity index (χ3v) is 2.63. The first kappa shape index (κ1) is 11.9. The molecular formula is C13H18FN3. The van der Waals surface area contributed by atoms with Gasteiger partial charge in [0.15, 0.2) is 5.96 Å². The van der Waals surface area contributed by atoms with Gasteiger partial charge in [0.25, 0.3) is 0 Å². The van der Waals surface area contributed by atoms with Crippen LogP contribution in [-0.2, 0) is 6.54 Å². The standard InChI is InChI=1S/C13H18FN3/c1-2-15-13(17-11-7-8-11)16-9-10-5-3-4-6-12(10)14/h3-6,11H,2,7-9H2,1H3,(H2,15,16,17). The highest BCUT2D eigenvalue weighted by atomic mass is 19.1. The highest BCUT2D eigenvalue weighted by Gasteiger charge is 2.22. The minimum atomic E-state index is -0.196. The Bertz CT molecular complexity index is 399. The summed E-state index contributed by atoms with van der Waals surface area (Å²) in [5.74, 6) is 0.580. The molecule has 1 aromatic rings. The number of hydrogen-bond acceptors (Lipinski definition) is 1. The Balaban J connectivity index is 1.97. The molecule has 0 saturated heterocycles. The van der Waals surface area contributed by atoms with Crippen LogP contribution >= 0.6 is 0 Å². The summed E-state index contributed by atoms with van der Waals surface area (Å²) in [4.78, 5) is 4.38. The lowest BCUT2D eigenvalue weighted by atomic mass is 10.2. The molecule has 2 N–H and O–H groups in total. The molecule has 17 heavy (non-hydrogen) atoms. The average Bonchev–Trinajstić information content (AvgIpc) is 3.12. The van der Waals surface area contributed by atoms with Crippen molar-refractivity contribution in [1.29, 1.82) is 0 Å². The third-order valence-electron chi connectivity index (χ3n) is 2.63. The summed E-state index contributed by atoms with van der Waals surface area (Å²) in [6.07, 6.45) is 2.40. The van der Waals surface area contributed by atoms with E-state index in [1.54, 1.807) is 12.1 Å². The summed E-state index contributed by atoms with van der Waals surface area (Å²) >= 11 is 0. The smallest absolute Gasteiger partial charge is 0.191 e. The topological polar surface area (TPSA) is 36.4 Å². The number of aliphatic imine (C=N–C) groups is 1. The summed E-state index contributed by atoms with van der Waals surface area (Å²) in [7, 11) is 0. The van der Waals surface area contributed by atoms with Crippen LogP contribution < -0.4 is 10.6 Å². The summed E-state index contributed by atoms with van der Waals surface area (Å²) in [5.41, 5.74) is 0.625. The molecule has 0 aliphatic heterocycles. The van der Waals surface area contributed by atoms with Gasteiger partial charge in [0.1, 0.15) is 5.82 Å². The molecule has 1 fully saturated rings.